The molecule has 4 rings (SSSR count). The number of rotatable bonds is 6. The summed E-state index contributed by atoms with van der Waals surface area (Å²) in [5.74, 6) is 0.00988. The Morgan fingerprint density at radius 3 is 2.16 bits per heavy atom. The van der Waals surface area contributed by atoms with Gasteiger partial charge in [-0.05, 0) is 42.0 Å². The third kappa shape index (κ3) is 3.69. The number of hydrogen-bond donors (Lipinski definition) is 0. The average molecular weight is 449 g/mol. The molecule has 0 unspecified atom stereocenters. The van der Waals surface area contributed by atoms with Gasteiger partial charge in [0.15, 0.2) is 0 Å². The quantitative estimate of drug-likeness (QED) is 0.508. The SMILES string of the molecule is COc1ccc(N2C(=O)C(c3ccc(Cl)cc3)=C(N(C)c3ccccc3)C2=O)c(OC)c1. The molecule has 0 aromatic heterocycles. The van der Waals surface area contributed by atoms with Crippen molar-refractivity contribution < 1.29 is 19.1 Å². The van der Waals surface area contributed by atoms with Crippen LogP contribution in [-0.4, -0.2) is 33.1 Å². The van der Waals surface area contributed by atoms with Crippen LogP contribution >= 0.6 is 11.6 Å². The van der Waals surface area contributed by atoms with Crippen LogP contribution in [0.5, 0.6) is 11.5 Å². The summed E-state index contributed by atoms with van der Waals surface area (Å²) in [7, 11) is 4.78. The number of ether oxygens (including phenoxy) is 2. The number of benzene rings is 3. The second kappa shape index (κ2) is 8.77. The van der Waals surface area contributed by atoms with Crippen LogP contribution in [0.4, 0.5) is 11.4 Å². The largest absolute Gasteiger partial charge is 0.497 e. The molecule has 0 aliphatic carbocycles. The highest BCUT2D eigenvalue weighted by Gasteiger charge is 2.43. The summed E-state index contributed by atoms with van der Waals surface area (Å²) in [4.78, 5) is 30.2. The Bertz CT molecular complexity index is 1210. The number of imide groups is 1. The number of carbonyl (C=O) groups excluding carboxylic acids is 2. The van der Waals surface area contributed by atoms with Crippen LogP contribution in [0, 0.1) is 0 Å². The number of para-hydroxylation sites is 1. The van der Waals surface area contributed by atoms with Crippen molar-refractivity contribution in [1.82, 2.24) is 0 Å². The summed E-state index contributed by atoms with van der Waals surface area (Å²) in [6.07, 6.45) is 0. The van der Waals surface area contributed by atoms with E-state index in [0.29, 0.717) is 27.8 Å². The molecule has 0 spiro atoms. The van der Waals surface area contributed by atoms with Crippen molar-refractivity contribution in [3.8, 4) is 11.5 Å². The molecule has 0 fully saturated rings. The standard InChI is InChI=1S/C25H21ClN2O4/c1-27(18-7-5-4-6-8-18)23-22(16-9-11-17(26)12-10-16)24(29)28(25(23)30)20-14-13-19(31-2)15-21(20)32-3/h4-15H,1-3H3. The van der Waals surface area contributed by atoms with Crippen LogP contribution in [0.15, 0.2) is 78.5 Å². The first kappa shape index (κ1) is 21.5. The minimum atomic E-state index is -0.449. The fourth-order valence-electron chi connectivity index (χ4n) is 3.68. The molecule has 1 aliphatic heterocycles. The van der Waals surface area contributed by atoms with E-state index in [0.717, 1.165) is 10.6 Å². The summed E-state index contributed by atoms with van der Waals surface area (Å²) in [5.41, 5.74) is 2.27. The monoisotopic (exact) mass is 448 g/mol. The molecule has 1 heterocycles. The van der Waals surface area contributed by atoms with Crippen LogP contribution in [0.2, 0.25) is 5.02 Å². The number of methoxy groups -OCH3 is 2. The van der Waals surface area contributed by atoms with E-state index in [1.54, 1.807) is 54.4 Å². The highest BCUT2D eigenvalue weighted by Crippen LogP contribution is 2.40. The number of halogens is 1. The fraction of sp³-hybridized carbons (Fsp3) is 0.120. The maximum Gasteiger partial charge on any atom is 0.282 e. The molecule has 1 aliphatic rings. The predicted octanol–water partition coefficient (Wildman–Crippen LogP) is 4.78. The molecule has 32 heavy (non-hydrogen) atoms. The van der Waals surface area contributed by atoms with E-state index in [2.05, 4.69) is 0 Å². The highest BCUT2D eigenvalue weighted by atomic mass is 35.5. The average Bonchev–Trinajstić information content (AvgIpc) is 3.09. The lowest BCUT2D eigenvalue weighted by atomic mass is 10.0. The van der Waals surface area contributed by atoms with Gasteiger partial charge in [0.25, 0.3) is 11.8 Å². The molecular formula is C25H21ClN2O4. The van der Waals surface area contributed by atoms with E-state index >= 15 is 0 Å². The second-order valence-corrected chi connectivity index (χ2v) is 7.54. The van der Waals surface area contributed by atoms with Gasteiger partial charge in [-0.15, -0.1) is 0 Å². The van der Waals surface area contributed by atoms with Gasteiger partial charge in [-0.2, -0.15) is 0 Å². The lowest BCUT2D eigenvalue weighted by molar-refractivity contribution is -0.120. The van der Waals surface area contributed by atoms with Gasteiger partial charge in [-0.1, -0.05) is 41.9 Å². The van der Waals surface area contributed by atoms with E-state index in [-0.39, 0.29) is 11.3 Å². The van der Waals surface area contributed by atoms with Crippen LogP contribution in [0.1, 0.15) is 5.56 Å². The Balaban J connectivity index is 1.88. The van der Waals surface area contributed by atoms with Gasteiger partial charge in [0.05, 0.1) is 25.5 Å². The van der Waals surface area contributed by atoms with Gasteiger partial charge < -0.3 is 14.4 Å². The molecule has 3 aromatic carbocycles. The van der Waals surface area contributed by atoms with Crippen molar-refractivity contribution in [1.29, 1.82) is 0 Å². The van der Waals surface area contributed by atoms with E-state index in [1.165, 1.54) is 14.2 Å². The van der Waals surface area contributed by atoms with Crippen LogP contribution in [0.25, 0.3) is 5.57 Å². The third-order valence-corrected chi connectivity index (χ3v) is 5.55. The van der Waals surface area contributed by atoms with Crippen LogP contribution in [0.3, 0.4) is 0 Å². The third-order valence-electron chi connectivity index (χ3n) is 5.30. The number of likely N-dealkylation sites (N-methyl/N-ethyl adjacent to an activating group) is 1. The van der Waals surface area contributed by atoms with E-state index in [9.17, 15) is 9.59 Å². The summed E-state index contributed by atoms with van der Waals surface area (Å²) in [6, 6.07) is 21.2. The minimum absolute atomic E-state index is 0.265. The van der Waals surface area contributed by atoms with Crippen LogP contribution in [-0.2, 0) is 9.59 Å². The van der Waals surface area contributed by atoms with Crippen molar-refractivity contribution >= 4 is 40.4 Å². The first-order valence-corrected chi connectivity index (χ1v) is 10.2. The number of anilines is 2. The zero-order valence-electron chi connectivity index (χ0n) is 17.8. The van der Waals surface area contributed by atoms with Gasteiger partial charge in [-0.25, -0.2) is 4.90 Å². The van der Waals surface area contributed by atoms with Gasteiger partial charge in [-0.3, -0.25) is 9.59 Å². The first-order chi connectivity index (χ1) is 15.5. The first-order valence-electron chi connectivity index (χ1n) is 9.86. The van der Waals surface area contributed by atoms with Crippen molar-refractivity contribution in [3.63, 3.8) is 0 Å². The number of carbonyl (C=O) groups is 2. The van der Waals surface area contributed by atoms with Gasteiger partial charge in [0, 0.05) is 23.8 Å². The second-order valence-electron chi connectivity index (χ2n) is 7.11. The molecule has 162 valence electrons. The van der Waals surface area contributed by atoms with E-state index < -0.39 is 11.8 Å². The summed E-state index contributed by atoms with van der Waals surface area (Å²) in [6.45, 7) is 0. The molecule has 7 heteroatoms. The zero-order valence-corrected chi connectivity index (χ0v) is 18.6. The van der Waals surface area contributed by atoms with Gasteiger partial charge in [0.1, 0.15) is 17.2 Å². The van der Waals surface area contributed by atoms with Crippen molar-refractivity contribution in [2.75, 3.05) is 31.1 Å². The minimum Gasteiger partial charge on any atom is -0.497 e. The fourth-order valence-corrected chi connectivity index (χ4v) is 3.80. The number of nitrogens with zero attached hydrogens (tertiary/aromatic N) is 2. The van der Waals surface area contributed by atoms with Crippen molar-refractivity contribution in [2.24, 2.45) is 0 Å². The molecule has 6 nitrogen and oxygen atoms in total. The molecule has 3 aromatic rings. The summed E-state index contributed by atoms with van der Waals surface area (Å²) in [5, 5.41) is 0.540. The number of amides is 2. The molecule has 0 saturated carbocycles. The lowest BCUT2D eigenvalue weighted by Crippen LogP contribution is -2.34. The maximum atomic E-state index is 13.7. The smallest absolute Gasteiger partial charge is 0.282 e. The normalized spacial score (nSPS) is 13.6. The number of hydrogen-bond acceptors (Lipinski definition) is 5. The van der Waals surface area contributed by atoms with Crippen molar-refractivity contribution in [3.05, 3.63) is 89.1 Å². The highest BCUT2D eigenvalue weighted by molar-refractivity contribution is 6.46. The summed E-state index contributed by atoms with van der Waals surface area (Å²) >= 11 is 6.05. The van der Waals surface area contributed by atoms with Gasteiger partial charge >= 0.3 is 0 Å². The van der Waals surface area contributed by atoms with Crippen LogP contribution < -0.4 is 19.3 Å². The molecule has 0 bridgehead atoms. The Morgan fingerprint density at radius 1 is 0.844 bits per heavy atom. The molecule has 0 saturated heterocycles. The Hall–Kier alpha value is -3.77. The molecule has 0 radical (unpaired) electrons. The topological polar surface area (TPSA) is 59.1 Å². The van der Waals surface area contributed by atoms with E-state index in [4.69, 9.17) is 21.1 Å². The van der Waals surface area contributed by atoms with Crippen molar-refractivity contribution in [2.45, 2.75) is 0 Å². The van der Waals surface area contributed by atoms with Gasteiger partial charge in [0.2, 0.25) is 0 Å². The Labute approximate surface area is 191 Å². The molecule has 0 atom stereocenters. The lowest BCUT2D eigenvalue weighted by Gasteiger charge is -2.22. The summed E-state index contributed by atoms with van der Waals surface area (Å²) < 4.78 is 10.7. The predicted molar refractivity (Wildman–Crippen MR) is 125 cm³/mol. The molecule has 2 amide bonds. The Morgan fingerprint density at radius 2 is 1.53 bits per heavy atom. The van der Waals surface area contributed by atoms with E-state index in [1.807, 2.05) is 30.3 Å². The zero-order chi connectivity index (χ0) is 22.8. The molecule has 0 N–H and O–H groups in total. The Kier molecular flexibility index (Phi) is 5.88. The maximum absolute atomic E-state index is 13.7. The molecular weight excluding hydrogens is 428 g/mol.